The summed E-state index contributed by atoms with van der Waals surface area (Å²) in [6.45, 7) is 1.87. The Morgan fingerprint density at radius 3 is 2.50 bits per heavy atom. The van der Waals surface area contributed by atoms with E-state index in [4.69, 9.17) is 0 Å². The Hall–Kier alpha value is -2.69. The molecule has 0 aliphatic heterocycles. The van der Waals surface area contributed by atoms with Crippen LogP contribution in [0.2, 0.25) is 0 Å². The van der Waals surface area contributed by atoms with E-state index in [9.17, 15) is 10.1 Å². The van der Waals surface area contributed by atoms with Crippen molar-refractivity contribution in [3.05, 3.63) is 64.7 Å². The Bertz CT molecular complexity index is 639. The minimum absolute atomic E-state index is 0.0712. The van der Waals surface area contributed by atoms with Crippen LogP contribution >= 0.6 is 0 Å². The molecule has 2 rings (SSSR count). The fourth-order valence-electron chi connectivity index (χ4n) is 1.77. The molecule has 0 radical (unpaired) electrons. The second kappa shape index (κ2) is 5.97. The zero-order chi connectivity index (χ0) is 14.5. The van der Waals surface area contributed by atoms with Gasteiger partial charge in [0.1, 0.15) is 5.84 Å². The lowest BCUT2D eigenvalue weighted by Gasteiger charge is -2.18. The van der Waals surface area contributed by atoms with Crippen LogP contribution in [0.25, 0.3) is 0 Å². The van der Waals surface area contributed by atoms with Gasteiger partial charge in [-0.2, -0.15) is 0 Å². The molecule has 2 aromatic rings. The highest BCUT2D eigenvalue weighted by Gasteiger charge is 2.10. The molecule has 0 bridgehead atoms. The number of non-ortho nitro benzene ring substituents is 1. The molecule has 20 heavy (non-hydrogen) atoms. The maximum absolute atomic E-state index is 10.8. The quantitative estimate of drug-likeness (QED) is 0.369. The first-order valence-electron chi connectivity index (χ1n) is 6.16. The number of rotatable bonds is 3. The number of nitro groups is 1. The topological polar surface area (TPSA) is 58.7 Å². The summed E-state index contributed by atoms with van der Waals surface area (Å²) in [7, 11) is 1.83. The van der Waals surface area contributed by atoms with Crippen molar-refractivity contribution in [1.29, 1.82) is 0 Å². The second-order valence-corrected chi connectivity index (χ2v) is 4.33. The predicted octanol–water partition coefficient (Wildman–Crippen LogP) is 3.78. The van der Waals surface area contributed by atoms with Gasteiger partial charge in [-0.1, -0.05) is 24.3 Å². The van der Waals surface area contributed by atoms with Gasteiger partial charge in [-0.3, -0.25) is 10.1 Å². The molecule has 5 nitrogen and oxygen atoms in total. The summed E-state index contributed by atoms with van der Waals surface area (Å²) in [5.74, 6) is 0.761. The molecule has 102 valence electrons. The molecule has 0 unspecified atom stereocenters. The van der Waals surface area contributed by atoms with Crippen LogP contribution in [-0.2, 0) is 0 Å². The number of para-hydroxylation sites is 1. The summed E-state index contributed by atoms with van der Waals surface area (Å²) in [5.41, 5.74) is 1.65. The lowest BCUT2D eigenvalue weighted by atomic mass is 10.2. The van der Waals surface area contributed by atoms with Crippen LogP contribution in [0.1, 0.15) is 6.92 Å². The molecule has 0 aliphatic carbocycles. The molecule has 0 aliphatic rings. The Kier molecular flexibility index (Phi) is 4.10. The fourth-order valence-corrected chi connectivity index (χ4v) is 1.77. The summed E-state index contributed by atoms with van der Waals surface area (Å²) in [6, 6.07) is 16.1. The summed E-state index contributed by atoms with van der Waals surface area (Å²) in [5, 5.41) is 10.8. The Morgan fingerprint density at radius 1 is 1.15 bits per heavy atom. The third-order valence-electron chi connectivity index (χ3n) is 2.96. The molecule has 0 fully saturated rings. The van der Waals surface area contributed by atoms with Crippen molar-refractivity contribution in [3.63, 3.8) is 0 Å². The average Bonchev–Trinajstić information content (AvgIpc) is 2.47. The predicted molar refractivity (Wildman–Crippen MR) is 80.7 cm³/mol. The first kappa shape index (κ1) is 13.7. The lowest BCUT2D eigenvalue weighted by molar-refractivity contribution is -0.384. The van der Waals surface area contributed by atoms with Gasteiger partial charge in [0.2, 0.25) is 0 Å². The largest absolute Gasteiger partial charge is 0.333 e. The van der Waals surface area contributed by atoms with Crippen LogP contribution in [0.5, 0.6) is 0 Å². The smallest absolute Gasteiger partial charge is 0.271 e. The van der Waals surface area contributed by atoms with Crippen LogP contribution in [0.4, 0.5) is 17.1 Å². The van der Waals surface area contributed by atoms with E-state index < -0.39 is 4.92 Å². The molecule has 0 N–H and O–H groups in total. The minimum Gasteiger partial charge on any atom is -0.333 e. The summed E-state index contributed by atoms with van der Waals surface area (Å²) in [6.07, 6.45) is 0. The van der Waals surface area contributed by atoms with Crippen LogP contribution in [-0.4, -0.2) is 17.8 Å². The summed E-state index contributed by atoms with van der Waals surface area (Å²) < 4.78 is 0. The summed E-state index contributed by atoms with van der Waals surface area (Å²) >= 11 is 0. The van der Waals surface area contributed by atoms with Gasteiger partial charge in [0.15, 0.2) is 0 Å². The van der Waals surface area contributed by atoms with Crippen molar-refractivity contribution in [2.45, 2.75) is 6.92 Å². The van der Waals surface area contributed by atoms with E-state index >= 15 is 0 Å². The van der Waals surface area contributed by atoms with E-state index in [1.165, 1.54) is 12.1 Å². The van der Waals surface area contributed by atoms with E-state index in [2.05, 4.69) is 4.99 Å². The van der Waals surface area contributed by atoms with Crippen LogP contribution < -0.4 is 4.90 Å². The van der Waals surface area contributed by atoms with E-state index in [1.807, 2.05) is 55.3 Å². The molecule has 0 spiro atoms. The zero-order valence-electron chi connectivity index (χ0n) is 11.4. The highest BCUT2D eigenvalue weighted by Crippen LogP contribution is 2.21. The third kappa shape index (κ3) is 3.20. The highest BCUT2D eigenvalue weighted by atomic mass is 16.6. The van der Waals surface area contributed by atoms with Crippen molar-refractivity contribution in [1.82, 2.24) is 0 Å². The summed E-state index contributed by atoms with van der Waals surface area (Å²) in [4.78, 5) is 16.7. The van der Waals surface area contributed by atoms with E-state index in [-0.39, 0.29) is 5.69 Å². The van der Waals surface area contributed by atoms with Crippen molar-refractivity contribution < 1.29 is 4.92 Å². The molecule has 2 aromatic carbocycles. The SMILES string of the molecule is CC(=Nc1ccccc1)N(C)c1cccc([N+](=O)[O-])c1. The Balaban J connectivity index is 2.27. The molecule has 0 saturated carbocycles. The van der Waals surface area contributed by atoms with Crippen LogP contribution in [0.3, 0.4) is 0 Å². The molecule has 0 heterocycles. The Morgan fingerprint density at radius 2 is 1.85 bits per heavy atom. The van der Waals surface area contributed by atoms with Gasteiger partial charge < -0.3 is 4.90 Å². The van der Waals surface area contributed by atoms with E-state index in [0.29, 0.717) is 0 Å². The van der Waals surface area contributed by atoms with Gasteiger partial charge in [0.25, 0.3) is 5.69 Å². The lowest BCUT2D eigenvalue weighted by Crippen LogP contribution is -2.23. The third-order valence-corrected chi connectivity index (χ3v) is 2.96. The second-order valence-electron chi connectivity index (χ2n) is 4.33. The Labute approximate surface area is 117 Å². The van der Waals surface area contributed by atoms with Crippen LogP contribution in [0, 0.1) is 10.1 Å². The minimum atomic E-state index is -0.402. The number of hydrogen-bond acceptors (Lipinski definition) is 3. The van der Waals surface area contributed by atoms with Gasteiger partial charge in [-0.05, 0) is 25.1 Å². The number of hydrogen-bond donors (Lipinski definition) is 0. The molecule has 0 amide bonds. The number of nitrogens with zero attached hydrogens (tertiary/aromatic N) is 3. The first-order chi connectivity index (χ1) is 9.58. The van der Waals surface area contributed by atoms with E-state index in [1.54, 1.807) is 6.07 Å². The van der Waals surface area contributed by atoms with Crippen molar-refractivity contribution in [2.24, 2.45) is 4.99 Å². The molecule has 0 aromatic heterocycles. The molecular formula is C15H15N3O2. The molecular weight excluding hydrogens is 254 g/mol. The fraction of sp³-hybridized carbons (Fsp3) is 0.133. The van der Waals surface area contributed by atoms with Gasteiger partial charge in [-0.25, -0.2) is 4.99 Å². The number of aliphatic imine (C=N–C) groups is 1. The van der Waals surface area contributed by atoms with Gasteiger partial charge >= 0.3 is 0 Å². The molecule has 5 heteroatoms. The maximum atomic E-state index is 10.8. The first-order valence-corrected chi connectivity index (χ1v) is 6.16. The standard InChI is InChI=1S/C15H15N3O2/c1-12(16-13-7-4-3-5-8-13)17(2)14-9-6-10-15(11-14)18(19)20/h3-11H,1-2H3. The van der Waals surface area contributed by atoms with E-state index in [0.717, 1.165) is 17.2 Å². The van der Waals surface area contributed by atoms with Crippen molar-refractivity contribution in [2.75, 3.05) is 11.9 Å². The monoisotopic (exact) mass is 269 g/mol. The average molecular weight is 269 g/mol. The maximum Gasteiger partial charge on any atom is 0.271 e. The van der Waals surface area contributed by atoms with Gasteiger partial charge in [-0.15, -0.1) is 0 Å². The number of nitro benzene ring substituents is 1. The van der Waals surface area contributed by atoms with Crippen LogP contribution in [0.15, 0.2) is 59.6 Å². The van der Waals surface area contributed by atoms with Gasteiger partial charge in [0.05, 0.1) is 10.6 Å². The number of benzene rings is 2. The number of anilines is 1. The highest BCUT2D eigenvalue weighted by molar-refractivity contribution is 5.97. The molecule has 0 atom stereocenters. The molecule has 0 saturated heterocycles. The normalized spacial score (nSPS) is 11.2. The number of amidine groups is 1. The van der Waals surface area contributed by atoms with Crippen molar-refractivity contribution >= 4 is 22.9 Å². The van der Waals surface area contributed by atoms with Gasteiger partial charge in [0, 0.05) is 24.9 Å². The van der Waals surface area contributed by atoms with Crippen molar-refractivity contribution in [3.8, 4) is 0 Å². The zero-order valence-corrected chi connectivity index (χ0v) is 11.4.